The Morgan fingerprint density at radius 3 is 2.87 bits per heavy atom. The summed E-state index contributed by atoms with van der Waals surface area (Å²) in [6.07, 6.45) is 1.39. The van der Waals surface area contributed by atoms with Gasteiger partial charge in [-0.1, -0.05) is 18.2 Å². The lowest BCUT2D eigenvalue weighted by atomic mass is 10.2. The van der Waals surface area contributed by atoms with Crippen molar-refractivity contribution >= 4 is 10.9 Å². The van der Waals surface area contributed by atoms with E-state index in [-0.39, 0.29) is 0 Å². The zero-order valence-corrected chi connectivity index (χ0v) is 7.66. The lowest BCUT2D eigenvalue weighted by Gasteiger charge is -1.97. The number of hydrogen-bond donors (Lipinski definition) is 1. The molecule has 0 unspecified atom stereocenters. The van der Waals surface area contributed by atoms with Crippen LogP contribution in [0, 0.1) is 0 Å². The van der Waals surface area contributed by atoms with Crippen molar-refractivity contribution in [3.8, 4) is 11.4 Å². The quantitative estimate of drug-likeness (QED) is 0.611. The summed E-state index contributed by atoms with van der Waals surface area (Å²) in [4.78, 5) is 0. The van der Waals surface area contributed by atoms with E-state index in [0.717, 1.165) is 15.6 Å². The number of benzene rings is 1. The van der Waals surface area contributed by atoms with Crippen LogP contribution in [0.3, 0.4) is 0 Å². The molecule has 5 heteroatoms. The summed E-state index contributed by atoms with van der Waals surface area (Å²) in [5.74, 6) is 0. The Balaban J connectivity index is 2.33. The number of aromatic nitrogens is 3. The lowest BCUT2D eigenvalue weighted by Crippen LogP contribution is -1.92. The number of hydrogen-bond acceptors (Lipinski definition) is 4. The fourth-order valence-electron chi connectivity index (χ4n) is 1.60. The second kappa shape index (κ2) is 2.84. The second-order valence-corrected chi connectivity index (χ2v) is 3.19. The number of nitrogens with zero attached hydrogens (tertiary/aromatic N) is 3. The summed E-state index contributed by atoms with van der Waals surface area (Å²) < 4.78 is 5.71. The highest BCUT2D eigenvalue weighted by Gasteiger charge is 2.11. The maximum Gasteiger partial charge on any atom is 0.154 e. The van der Waals surface area contributed by atoms with E-state index in [4.69, 9.17) is 0 Å². The van der Waals surface area contributed by atoms with Crippen LogP contribution in [-0.2, 0) is 0 Å². The van der Waals surface area contributed by atoms with Crippen molar-refractivity contribution in [3.63, 3.8) is 0 Å². The molecule has 0 saturated carbocycles. The predicted octanol–water partition coefficient (Wildman–Crippen LogP) is 1.93. The summed E-state index contributed by atoms with van der Waals surface area (Å²) in [5.41, 5.74) is 1.81. The van der Waals surface area contributed by atoms with E-state index in [0.29, 0.717) is 11.4 Å². The molecular formula is C10H7N3O2. The summed E-state index contributed by atoms with van der Waals surface area (Å²) in [7, 11) is 0. The Hall–Kier alpha value is -2.30. The smallest absolute Gasteiger partial charge is 0.154 e. The first-order valence-corrected chi connectivity index (χ1v) is 4.43. The average Bonchev–Trinajstić information content (AvgIpc) is 2.87. The highest BCUT2D eigenvalue weighted by Crippen LogP contribution is 2.24. The standard InChI is InChI=1S/C10H7N3O2/c14-13-9-4-2-1-3-7(9)5-10(13)8-6-15-12-11-8/h1-6,14H. The third kappa shape index (κ3) is 1.10. The average molecular weight is 201 g/mol. The van der Waals surface area contributed by atoms with Gasteiger partial charge in [-0.3, -0.25) is 0 Å². The molecule has 0 fully saturated rings. The molecule has 74 valence electrons. The van der Waals surface area contributed by atoms with E-state index >= 15 is 0 Å². The Kier molecular flexibility index (Phi) is 1.53. The van der Waals surface area contributed by atoms with E-state index in [1.54, 1.807) is 0 Å². The van der Waals surface area contributed by atoms with E-state index in [1.807, 2.05) is 30.3 Å². The molecule has 0 bridgehead atoms. The SMILES string of the molecule is On1c(-c2conn2)cc2ccccc21. The first kappa shape index (κ1) is 8.05. The first-order valence-electron chi connectivity index (χ1n) is 4.43. The van der Waals surface area contributed by atoms with Crippen LogP contribution in [0.2, 0.25) is 0 Å². The van der Waals surface area contributed by atoms with Crippen LogP contribution < -0.4 is 0 Å². The topological polar surface area (TPSA) is 64.1 Å². The van der Waals surface area contributed by atoms with Crippen LogP contribution >= 0.6 is 0 Å². The zero-order chi connectivity index (χ0) is 10.3. The number of rotatable bonds is 1. The van der Waals surface area contributed by atoms with Gasteiger partial charge in [0.2, 0.25) is 0 Å². The predicted molar refractivity (Wildman–Crippen MR) is 52.4 cm³/mol. The number of para-hydroxylation sites is 1. The van der Waals surface area contributed by atoms with Crippen molar-refractivity contribution in [1.29, 1.82) is 0 Å². The zero-order valence-electron chi connectivity index (χ0n) is 7.66. The van der Waals surface area contributed by atoms with E-state index in [2.05, 4.69) is 14.9 Å². The fraction of sp³-hybridized carbons (Fsp3) is 0. The summed E-state index contributed by atoms with van der Waals surface area (Å²) in [6, 6.07) is 9.34. The summed E-state index contributed by atoms with van der Waals surface area (Å²) in [5, 5.41) is 17.9. The fourth-order valence-corrected chi connectivity index (χ4v) is 1.60. The van der Waals surface area contributed by atoms with Crippen molar-refractivity contribution in [2.24, 2.45) is 0 Å². The van der Waals surface area contributed by atoms with Crippen molar-refractivity contribution in [2.75, 3.05) is 0 Å². The van der Waals surface area contributed by atoms with E-state index in [1.165, 1.54) is 6.26 Å². The minimum atomic E-state index is 0.508. The first-order chi connectivity index (χ1) is 7.36. The van der Waals surface area contributed by atoms with Gasteiger partial charge in [-0.05, 0) is 12.1 Å². The van der Waals surface area contributed by atoms with Gasteiger partial charge in [-0.15, -0.1) is 5.10 Å². The Morgan fingerprint density at radius 1 is 1.27 bits per heavy atom. The monoisotopic (exact) mass is 201 g/mol. The van der Waals surface area contributed by atoms with Crippen LogP contribution in [0.15, 0.2) is 41.1 Å². The molecule has 0 aliphatic carbocycles. The third-order valence-electron chi connectivity index (χ3n) is 2.31. The van der Waals surface area contributed by atoms with Gasteiger partial charge < -0.3 is 9.73 Å². The second-order valence-electron chi connectivity index (χ2n) is 3.19. The largest absolute Gasteiger partial charge is 0.428 e. The Labute approximate surface area is 84.5 Å². The molecule has 15 heavy (non-hydrogen) atoms. The minimum absolute atomic E-state index is 0.508. The van der Waals surface area contributed by atoms with Crippen LogP contribution in [0.4, 0.5) is 0 Å². The maximum atomic E-state index is 9.87. The molecule has 0 saturated heterocycles. The van der Waals surface area contributed by atoms with Gasteiger partial charge in [0, 0.05) is 10.7 Å². The van der Waals surface area contributed by atoms with E-state index < -0.39 is 0 Å². The van der Waals surface area contributed by atoms with Gasteiger partial charge in [-0.25, -0.2) is 0 Å². The summed E-state index contributed by atoms with van der Waals surface area (Å²) in [6.45, 7) is 0. The highest BCUT2D eigenvalue weighted by molar-refractivity contribution is 5.85. The molecule has 3 aromatic rings. The molecule has 3 rings (SSSR count). The third-order valence-corrected chi connectivity index (χ3v) is 2.31. The molecule has 0 amide bonds. The molecule has 0 radical (unpaired) electrons. The molecule has 0 aliphatic rings. The molecule has 0 atom stereocenters. The summed E-state index contributed by atoms with van der Waals surface area (Å²) >= 11 is 0. The molecule has 0 aliphatic heterocycles. The molecule has 2 aromatic heterocycles. The van der Waals surface area contributed by atoms with Crippen molar-refractivity contribution in [2.45, 2.75) is 0 Å². The van der Waals surface area contributed by atoms with Crippen molar-refractivity contribution in [3.05, 3.63) is 36.6 Å². The van der Waals surface area contributed by atoms with Crippen LogP contribution in [0.5, 0.6) is 0 Å². The lowest BCUT2D eigenvalue weighted by molar-refractivity contribution is 0.204. The molecular weight excluding hydrogens is 194 g/mol. The Morgan fingerprint density at radius 2 is 2.13 bits per heavy atom. The molecule has 0 spiro atoms. The number of fused-ring (bicyclic) bond motifs is 1. The van der Waals surface area contributed by atoms with Gasteiger partial charge in [0.05, 0.1) is 5.52 Å². The van der Waals surface area contributed by atoms with Crippen LogP contribution in [0.1, 0.15) is 0 Å². The van der Waals surface area contributed by atoms with Gasteiger partial charge in [-0.2, -0.15) is 4.73 Å². The van der Waals surface area contributed by atoms with Gasteiger partial charge >= 0.3 is 0 Å². The van der Waals surface area contributed by atoms with Gasteiger partial charge in [0.25, 0.3) is 0 Å². The van der Waals surface area contributed by atoms with Crippen molar-refractivity contribution < 1.29 is 9.73 Å². The maximum absolute atomic E-state index is 9.87. The Bertz CT molecular complexity index is 598. The van der Waals surface area contributed by atoms with Crippen LogP contribution in [0.25, 0.3) is 22.3 Å². The molecule has 1 aromatic carbocycles. The molecule has 1 N–H and O–H groups in total. The normalized spacial score (nSPS) is 10.9. The van der Waals surface area contributed by atoms with E-state index in [9.17, 15) is 5.21 Å². The van der Waals surface area contributed by atoms with Gasteiger partial charge in [0.15, 0.2) is 12.0 Å². The highest BCUT2D eigenvalue weighted by atomic mass is 16.5. The molecule has 2 heterocycles. The molecule has 5 nitrogen and oxygen atoms in total. The van der Waals surface area contributed by atoms with Gasteiger partial charge in [0.1, 0.15) is 5.69 Å². The minimum Gasteiger partial charge on any atom is -0.428 e. The van der Waals surface area contributed by atoms with Crippen molar-refractivity contribution in [1.82, 2.24) is 15.1 Å². The van der Waals surface area contributed by atoms with Crippen LogP contribution in [-0.4, -0.2) is 20.3 Å².